The summed E-state index contributed by atoms with van der Waals surface area (Å²) < 4.78 is 0.813. The van der Waals surface area contributed by atoms with Crippen LogP contribution in [-0.2, 0) is 4.79 Å². The number of benzene rings is 1. The van der Waals surface area contributed by atoms with Gasteiger partial charge >= 0.3 is 0 Å². The van der Waals surface area contributed by atoms with Crippen LogP contribution in [-0.4, -0.2) is 17.4 Å². The monoisotopic (exact) mass is 338 g/mol. The van der Waals surface area contributed by atoms with Gasteiger partial charge in [0.2, 0.25) is 5.91 Å². The summed E-state index contributed by atoms with van der Waals surface area (Å²) in [7, 11) is 0. The number of anilines is 1. The quantitative estimate of drug-likeness (QED) is 0.869. The molecule has 2 N–H and O–H groups in total. The van der Waals surface area contributed by atoms with Gasteiger partial charge in [-0.25, -0.2) is 0 Å². The molecule has 0 spiro atoms. The highest BCUT2D eigenvalue weighted by Gasteiger charge is 2.22. The number of carbonyl (C=O) groups excluding carboxylic acids is 2. The number of amides is 2. The number of hydrogen-bond acceptors (Lipinski definition) is 3. The summed E-state index contributed by atoms with van der Waals surface area (Å²) in [5.74, 6) is -0.274. The van der Waals surface area contributed by atoms with E-state index in [9.17, 15) is 9.59 Å². The third-order valence-corrected chi connectivity index (χ3v) is 4.69. The van der Waals surface area contributed by atoms with Gasteiger partial charge in [0.05, 0.1) is 15.4 Å². The molecule has 0 saturated carbocycles. The Balaban J connectivity index is 2.46. The van der Waals surface area contributed by atoms with E-state index in [1.807, 2.05) is 39.0 Å². The van der Waals surface area contributed by atoms with E-state index in [0.717, 1.165) is 10.1 Å². The first-order valence-corrected chi connectivity index (χ1v) is 8.25. The van der Waals surface area contributed by atoms with Gasteiger partial charge in [-0.15, -0.1) is 11.3 Å². The van der Waals surface area contributed by atoms with E-state index >= 15 is 0 Å². The Morgan fingerprint density at radius 2 is 1.95 bits per heavy atom. The third-order valence-electron chi connectivity index (χ3n) is 2.94. The summed E-state index contributed by atoms with van der Waals surface area (Å²) >= 11 is 7.65. The Morgan fingerprint density at radius 3 is 2.55 bits per heavy atom. The van der Waals surface area contributed by atoms with E-state index in [0.29, 0.717) is 22.0 Å². The van der Waals surface area contributed by atoms with Crippen molar-refractivity contribution in [3.05, 3.63) is 28.1 Å². The van der Waals surface area contributed by atoms with Crippen molar-refractivity contribution < 1.29 is 9.59 Å². The molecule has 4 nitrogen and oxygen atoms in total. The van der Waals surface area contributed by atoms with Crippen LogP contribution in [0.1, 0.15) is 43.8 Å². The lowest BCUT2D eigenvalue weighted by molar-refractivity contribution is -0.115. The van der Waals surface area contributed by atoms with Gasteiger partial charge in [0.1, 0.15) is 4.88 Å². The summed E-state index contributed by atoms with van der Waals surface area (Å²) in [5.41, 5.74) is 0.349. The fraction of sp³-hybridized carbons (Fsp3) is 0.375. The largest absolute Gasteiger partial charge is 0.347 e. The second-order valence-electron chi connectivity index (χ2n) is 6.03. The maximum absolute atomic E-state index is 12.4. The molecule has 0 aliphatic carbocycles. The lowest BCUT2D eigenvalue weighted by atomic mass is 10.1. The maximum Gasteiger partial charge on any atom is 0.263 e. The first-order valence-electron chi connectivity index (χ1n) is 7.06. The third kappa shape index (κ3) is 3.59. The number of hydrogen-bond donors (Lipinski definition) is 2. The lowest BCUT2D eigenvalue weighted by Crippen LogP contribution is -2.40. The van der Waals surface area contributed by atoms with E-state index in [4.69, 9.17) is 11.6 Å². The van der Waals surface area contributed by atoms with E-state index < -0.39 is 0 Å². The molecule has 0 aliphatic rings. The minimum atomic E-state index is -0.337. The molecule has 2 aromatic rings. The summed E-state index contributed by atoms with van der Waals surface area (Å²) in [4.78, 5) is 24.5. The standard InChI is InChI=1S/C16H19ClN2O2S/c1-5-11(20)18-10-8-6-7-9-12(17)14(22-13(9)10)15(21)19-16(2,3)4/h6-8H,5H2,1-4H3,(H,18,20)(H,19,21). The average Bonchev–Trinajstić information content (AvgIpc) is 2.76. The van der Waals surface area contributed by atoms with Crippen molar-refractivity contribution in [2.75, 3.05) is 5.32 Å². The van der Waals surface area contributed by atoms with Crippen LogP contribution in [0, 0.1) is 0 Å². The number of nitrogens with one attached hydrogen (secondary N) is 2. The van der Waals surface area contributed by atoms with E-state index in [1.54, 1.807) is 6.92 Å². The van der Waals surface area contributed by atoms with Crippen molar-refractivity contribution in [1.29, 1.82) is 0 Å². The number of thiophene rings is 1. The molecule has 0 atom stereocenters. The van der Waals surface area contributed by atoms with Crippen LogP contribution < -0.4 is 10.6 Å². The van der Waals surface area contributed by atoms with Gasteiger partial charge in [-0.1, -0.05) is 30.7 Å². The molecule has 1 heterocycles. The Hall–Kier alpha value is -1.59. The van der Waals surface area contributed by atoms with E-state index in [1.165, 1.54) is 11.3 Å². The normalized spacial score (nSPS) is 11.5. The van der Waals surface area contributed by atoms with Crippen LogP contribution in [0.5, 0.6) is 0 Å². The Bertz CT molecular complexity index is 732. The highest BCUT2D eigenvalue weighted by molar-refractivity contribution is 7.22. The molecule has 6 heteroatoms. The van der Waals surface area contributed by atoms with Crippen molar-refractivity contribution in [3.8, 4) is 0 Å². The number of rotatable bonds is 3. The zero-order valence-corrected chi connectivity index (χ0v) is 14.6. The number of carbonyl (C=O) groups is 2. The molecular formula is C16H19ClN2O2S. The molecule has 0 saturated heterocycles. The second kappa shape index (κ2) is 6.26. The van der Waals surface area contributed by atoms with Crippen molar-refractivity contribution in [1.82, 2.24) is 5.32 Å². The minimum Gasteiger partial charge on any atom is -0.347 e. The van der Waals surface area contributed by atoms with Crippen molar-refractivity contribution in [2.45, 2.75) is 39.7 Å². The maximum atomic E-state index is 12.4. The lowest BCUT2D eigenvalue weighted by Gasteiger charge is -2.19. The molecule has 0 aliphatic heterocycles. The van der Waals surface area contributed by atoms with Gasteiger partial charge in [0, 0.05) is 17.3 Å². The Morgan fingerprint density at radius 1 is 1.27 bits per heavy atom. The molecule has 0 unspecified atom stereocenters. The predicted octanol–water partition coefficient (Wildman–Crippen LogP) is 4.43. The average molecular weight is 339 g/mol. The van der Waals surface area contributed by atoms with Crippen molar-refractivity contribution in [2.24, 2.45) is 0 Å². The highest BCUT2D eigenvalue weighted by atomic mass is 35.5. The molecule has 2 amide bonds. The van der Waals surface area contributed by atoms with Crippen LogP contribution in [0.3, 0.4) is 0 Å². The van der Waals surface area contributed by atoms with Crippen LogP contribution in [0.2, 0.25) is 5.02 Å². The number of fused-ring (bicyclic) bond motifs is 1. The van der Waals surface area contributed by atoms with Gasteiger partial charge in [-0.3, -0.25) is 9.59 Å². The summed E-state index contributed by atoms with van der Waals surface area (Å²) in [6.45, 7) is 7.54. The molecule has 0 bridgehead atoms. The molecule has 1 aromatic carbocycles. The SMILES string of the molecule is CCC(=O)Nc1cccc2c(Cl)c(C(=O)NC(C)(C)C)sc12. The Kier molecular flexibility index (Phi) is 4.78. The van der Waals surface area contributed by atoms with Gasteiger partial charge in [-0.05, 0) is 26.8 Å². The van der Waals surface area contributed by atoms with Gasteiger partial charge in [0.15, 0.2) is 0 Å². The topological polar surface area (TPSA) is 58.2 Å². The fourth-order valence-corrected chi connectivity index (χ4v) is 3.44. The minimum absolute atomic E-state index is 0.0716. The zero-order chi connectivity index (χ0) is 16.5. The predicted molar refractivity (Wildman–Crippen MR) is 93.0 cm³/mol. The highest BCUT2D eigenvalue weighted by Crippen LogP contribution is 2.39. The van der Waals surface area contributed by atoms with Gasteiger partial charge in [0.25, 0.3) is 5.91 Å². The van der Waals surface area contributed by atoms with E-state index in [2.05, 4.69) is 10.6 Å². The van der Waals surface area contributed by atoms with Crippen LogP contribution in [0.4, 0.5) is 5.69 Å². The molecule has 0 fully saturated rings. The van der Waals surface area contributed by atoms with Crippen molar-refractivity contribution in [3.63, 3.8) is 0 Å². The molecule has 118 valence electrons. The fourth-order valence-electron chi connectivity index (χ4n) is 1.97. The summed E-state index contributed by atoms with van der Waals surface area (Å²) in [6, 6.07) is 5.48. The van der Waals surface area contributed by atoms with Crippen LogP contribution >= 0.6 is 22.9 Å². The van der Waals surface area contributed by atoms with Crippen LogP contribution in [0.15, 0.2) is 18.2 Å². The first kappa shape index (κ1) is 16.8. The molecular weight excluding hydrogens is 320 g/mol. The van der Waals surface area contributed by atoms with Crippen molar-refractivity contribution >= 4 is 50.5 Å². The van der Waals surface area contributed by atoms with Crippen LogP contribution in [0.25, 0.3) is 10.1 Å². The molecule has 22 heavy (non-hydrogen) atoms. The summed E-state index contributed by atoms with van der Waals surface area (Å²) in [6.07, 6.45) is 0.396. The van der Waals surface area contributed by atoms with Gasteiger partial charge in [-0.2, -0.15) is 0 Å². The van der Waals surface area contributed by atoms with Gasteiger partial charge < -0.3 is 10.6 Å². The summed E-state index contributed by atoms with van der Waals surface area (Å²) in [5, 5.41) is 6.95. The Labute approximate surface area is 138 Å². The second-order valence-corrected chi connectivity index (χ2v) is 7.43. The smallest absolute Gasteiger partial charge is 0.263 e. The molecule has 0 radical (unpaired) electrons. The van der Waals surface area contributed by atoms with E-state index in [-0.39, 0.29) is 17.4 Å². The number of halogens is 1. The first-order chi connectivity index (χ1) is 10.2. The zero-order valence-electron chi connectivity index (χ0n) is 13.0. The molecule has 2 rings (SSSR count). The molecule has 1 aromatic heterocycles.